The summed E-state index contributed by atoms with van der Waals surface area (Å²) in [5.41, 5.74) is 7.37. The molecule has 2 aromatic carbocycles. The fraction of sp³-hybridized carbons (Fsp3) is 0.118. The van der Waals surface area contributed by atoms with Crippen LogP contribution in [0, 0.1) is 24.6 Å². The van der Waals surface area contributed by atoms with Crippen molar-refractivity contribution in [2.75, 3.05) is 11.9 Å². The molecular formula is C17H15FN2O. The number of nitrogens with two attached hydrogens (primary N) is 1. The number of carbonyl (C=O) groups excluding carboxylic acids is 1. The summed E-state index contributed by atoms with van der Waals surface area (Å²) >= 11 is 0. The van der Waals surface area contributed by atoms with Crippen molar-refractivity contribution in [3.63, 3.8) is 0 Å². The summed E-state index contributed by atoms with van der Waals surface area (Å²) in [7, 11) is 0. The molecule has 4 heteroatoms. The summed E-state index contributed by atoms with van der Waals surface area (Å²) < 4.78 is 13.8. The molecular weight excluding hydrogens is 267 g/mol. The Kier molecular flexibility index (Phi) is 4.70. The monoisotopic (exact) mass is 282 g/mol. The fourth-order valence-corrected chi connectivity index (χ4v) is 1.83. The number of nitrogens with one attached hydrogen (secondary N) is 1. The van der Waals surface area contributed by atoms with Gasteiger partial charge in [0.2, 0.25) is 0 Å². The van der Waals surface area contributed by atoms with E-state index >= 15 is 0 Å². The van der Waals surface area contributed by atoms with Crippen LogP contribution in [0.5, 0.6) is 0 Å². The summed E-state index contributed by atoms with van der Waals surface area (Å²) in [6.07, 6.45) is 0. The second kappa shape index (κ2) is 6.69. The molecule has 2 rings (SSSR count). The van der Waals surface area contributed by atoms with Crippen LogP contribution in [0.2, 0.25) is 0 Å². The Hall–Kier alpha value is -2.64. The van der Waals surface area contributed by atoms with E-state index in [1.807, 2.05) is 25.1 Å². The minimum Gasteiger partial charge on any atom is -0.322 e. The lowest BCUT2D eigenvalue weighted by atomic mass is 10.1. The predicted molar refractivity (Wildman–Crippen MR) is 81.5 cm³/mol. The molecule has 0 saturated heterocycles. The van der Waals surface area contributed by atoms with Gasteiger partial charge in [-0.1, -0.05) is 30.0 Å². The maximum absolute atomic E-state index is 13.8. The van der Waals surface area contributed by atoms with Crippen LogP contribution in [0.1, 0.15) is 21.5 Å². The number of hydrogen-bond acceptors (Lipinski definition) is 2. The van der Waals surface area contributed by atoms with Gasteiger partial charge in [-0.3, -0.25) is 4.79 Å². The third-order valence-electron chi connectivity index (χ3n) is 2.94. The molecule has 0 aromatic heterocycles. The van der Waals surface area contributed by atoms with Crippen molar-refractivity contribution in [3.8, 4) is 11.8 Å². The van der Waals surface area contributed by atoms with E-state index in [4.69, 9.17) is 5.73 Å². The van der Waals surface area contributed by atoms with Crippen LogP contribution < -0.4 is 11.1 Å². The molecule has 0 radical (unpaired) electrons. The number of anilines is 1. The summed E-state index contributed by atoms with van der Waals surface area (Å²) in [5.74, 6) is 4.37. The van der Waals surface area contributed by atoms with Gasteiger partial charge in [0.15, 0.2) is 0 Å². The largest absolute Gasteiger partial charge is 0.322 e. The van der Waals surface area contributed by atoms with Gasteiger partial charge in [-0.05, 0) is 36.8 Å². The van der Waals surface area contributed by atoms with Crippen molar-refractivity contribution in [2.24, 2.45) is 5.73 Å². The Morgan fingerprint density at radius 1 is 1.29 bits per heavy atom. The van der Waals surface area contributed by atoms with Gasteiger partial charge >= 0.3 is 0 Å². The maximum atomic E-state index is 13.8. The van der Waals surface area contributed by atoms with E-state index in [1.54, 1.807) is 6.07 Å². The number of rotatable bonds is 2. The van der Waals surface area contributed by atoms with Crippen LogP contribution in [0.25, 0.3) is 0 Å². The molecule has 0 aliphatic rings. The summed E-state index contributed by atoms with van der Waals surface area (Å²) in [6, 6.07) is 11.5. The Balaban J connectivity index is 2.28. The molecule has 0 aliphatic heterocycles. The minimum atomic E-state index is -0.584. The van der Waals surface area contributed by atoms with E-state index in [-0.39, 0.29) is 12.1 Å². The van der Waals surface area contributed by atoms with E-state index in [2.05, 4.69) is 17.2 Å². The summed E-state index contributed by atoms with van der Waals surface area (Å²) in [6.45, 7) is 2.08. The molecule has 1 amide bonds. The number of amides is 1. The van der Waals surface area contributed by atoms with Gasteiger partial charge in [-0.25, -0.2) is 4.39 Å². The van der Waals surface area contributed by atoms with Gasteiger partial charge in [0.05, 0.1) is 12.1 Å². The molecule has 0 fully saturated rings. The molecule has 0 atom stereocenters. The highest BCUT2D eigenvalue weighted by Gasteiger charge is 2.13. The maximum Gasteiger partial charge on any atom is 0.258 e. The third-order valence-corrected chi connectivity index (χ3v) is 2.94. The topological polar surface area (TPSA) is 55.1 Å². The first-order valence-electron chi connectivity index (χ1n) is 6.47. The van der Waals surface area contributed by atoms with E-state index in [0.717, 1.165) is 5.56 Å². The molecule has 0 saturated carbocycles. The van der Waals surface area contributed by atoms with Gasteiger partial charge in [0.1, 0.15) is 5.82 Å². The van der Waals surface area contributed by atoms with E-state index in [0.29, 0.717) is 11.3 Å². The van der Waals surface area contributed by atoms with Crippen LogP contribution in [-0.4, -0.2) is 12.5 Å². The molecule has 3 N–H and O–H groups in total. The molecule has 3 nitrogen and oxygen atoms in total. The van der Waals surface area contributed by atoms with Crippen molar-refractivity contribution < 1.29 is 9.18 Å². The second-order valence-corrected chi connectivity index (χ2v) is 4.47. The molecule has 106 valence electrons. The van der Waals surface area contributed by atoms with Crippen molar-refractivity contribution in [1.29, 1.82) is 0 Å². The molecule has 2 aromatic rings. The first-order valence-corrected chi connectivity index (χ1v) is 6.47. The van der Waals surface area contributed by atoms with Crippen LogP contribution >= 0.6 is 0 Å². The van der Waals surface area contributed by atoms with Gasteiger partial charge in [0, 0.05) is 11.3 Å². The highest BCUT2D eigenvalue weighted by molar-refractivity contribution is 6.05. The van der Waals surface area contributed by atoms with Gasteiger partial charge < -0.3 is 11.1 Å². The SMILES string of the molecule is Cc1ccccc1NC(=O)c1cc(C#CCN)ccc1F. The molecule has 0 heterocycles. The van der Waals surface area contributed by atoms with Crippen molar-refractivity contribution >= 4 is 11.6 Å². The lowest BCUT2D eigenvalue weighted by molar-refractivity contribution is 0.102. The van der Waals surface area contributed by atoms with Crippen molar-refractivity contribution in [3.05, 3.63) is 65.0 Å². The number of carbonyl (C=O) groups is 1. The summed E-state index contributed by atoms with van der Waals surface area (Å²) in [4.78, 5) is 12.2. The molecule has 0 spiro atoms. The first-order chi connectivity index (χ1) is 10.1. The molecule has 0 bridgehead atoms. The van der Waals surface area contributed by atoms with Crippen LogP contribution in [0.4, 0.5) is 10.1 Å². The number of hydrogen-bond donors (Lipinski definition) is 2. The normalized spacial score (nSPS) is 9.67. The number of benzene rings is 2. The smallest absolute Gasteiger partial charge is 0.258 e. The number of halogens is 1. The average Bonchev–Trinajstić information content (AvgIpc) is 2.48. The lowest BCUT2D eigenvalue weighted by Gasteiger charge is -2.09. The Bertz CT molecular complexity index is 729. The zero-order valence-electron chi connectivity index (χ0n) is 11.6. The zero-order chi connectivity index (χ0) is 15.2. The Labute approximate surface area is 123 Å². The Morgan fingerprint density at radius 2 is 2.05 bits per heavy atom. The first kappa shape index (κ1) is 14.8. The number of aryl methyl sites for hydroxylation is 1. The Morgan fingerprint density at radius 3 is 2.76 bits per heavy atom. The lowest BCUT2D eigenvalue weighted by Crippen LogP contribution is -2.14. The standard InChI is InChI=1S/C17H15FN2O/c1-12-5-2-3-7-16(12)20-17(21)14-11-13(6-4-10-19)8-9-15(14)18/h2-3,5,7-9,11H,10,19H2,1H3,(H,20,21). The second-order valence-electron chi connectivity index (χ2n) is 4.47. The van der Waals surface area contributed by atoms with Crippen LogP contribution in [0.15, 0.2) is 42.5 Å². The van der Waals surface area contributed by atoms with E-state index < -0.39 is 11.7 Å². The van der Waals surface area contributed by atoms with Crippen molar-refractivity contribution in [2.45, 2.75) is 6.92 Å². The molecule has 0 unspecified atom stereocenters. The molecule has 0 aliphatic carbocycles. The average molecular weight is 282 g/mol. The van der Waals surface area contributed by atoms with Gasteiger partial charge in [-0.15, -0.1) is 0 Å². The van der Waals surface area contributed by atoms with Crippen LogP contribution in [-0.2, 0) is 0 Å². The predicted octanol–water partition coefficient (Wildman–Crippen LogP) is 2.70. The van der Waals surface area contributed by atoms with Gasteiger partial charge in [0.25, 0.3) is 5.91 Å². The highest BCUT2D eigenvalue weighted by atomic mass is 19.1. The zero-order valence-corrected chi connectivity index (χ0v) is 11.6. The van der Waals surface area contributed by atoms with E-state index in [1.165, 1.54) is 18.2 Å². The minimum absolute atomic E-state index is 0.0397. The molecule has 21 heavy (non-hydrogen) atoms. The number of para-hydroxylation sites is 1. The van der Waals surface area contributed by atoms with Gasteiger partial charge in [-0.2, -0.15) is 0 Å². The highest BCUT2D eigenvalue weighted by Crippen LogP contribution is 2.16. The van der Waals surface area contributed by atoms with E-state index in [9.17, 15) is 9.18 Å². The fourth-order valence-electron chi connectivity index (χ4n) is 1.83. The van der Waals surface area contributed by atoms with Crippen LogP contribution in [0.3, 0.4) is 0 Å². The third kappa shape index (κ3) is 3.68. The summed E-state index contributed by atoms with van der Waals surface area (Å²) in [5, 5.41) is 2.70. The quantitative estimate of drug-likeness (QED) is 0.832. The van der Waals surface area contributed by atoms with Crippen molar-refractivity contribution in [1.82, 2.24) is 0 Å².